The molecule has 4 amide bonds. The zero-order chi connectivity index (χ0) is 36.9. The Morgan fingerprint density at radius 1 is 0.444 bits per heavy atom. The maximum Gasteiger partial charge on any atom is 0.267 e. The molecular formula is C42H23ClN4O7. The van der Waals surface area contributed by atoms with E-state index >= 15 is 0 Å². The Hall–Kier alpha value is -7.37. The summed E-state index contributed by atoms with van der Waals surface area (Å²) < 4.78 is 17.9. The highest BCUT2D eigenvalue weighted by atomic mass is 35.5. The van der Waals surface area contributed by atoms with Crippen molar-refractivity contribution in [3.05, 3.63) is 167 Å². The van der Waals surface area contributed by atoms with Gasteiger partial charge in [0.1, 0.15) is 23.0 Å². The Balaban J connectivity index is 0.818. The van der Waals surface area contributed by atoms with Crippen LogP contribution < -0.4 is 19.3 Å². The van der Waals surface area contributed by atoms with E-state index in [0.717, 1.165) is 9.80 Å². The molecule has 0 radical (unpaired) electrons. The van der Waals surface area contributed by atoms with E-state index in [1.165, 1.54) is 0 Å². The second kappa shape index (κ2) is 13.0. The Labute approximate surface area is 311 Å². The Morgan fingerprint density at radius 3 is 1.28 bits per heavy atom. The van der Waals surface area contributed by atoms with Crippen molar-refractivity contribution in [2.45, 2.75) is 0 Å². The zero-order valence-corrected chi connectivity index (χ0v) is 28.6. The molecule has 12 heteroatoms. The van der Waals surface area contributed by atoms with Gasteiger partial charge >= 0.3 is 0 Å². The summed E-state index contributed by atoms with van der Waals surface area (Å²) in [5.74, 6) is 1.18. The van der Waals surface area contributed by atoms with Gasteiger partial charge in [0.2, 0.25) is 11.8 Å². The fourth-order valence-corrected chi connectivity index (χ4v) is 6.54. The lowest BCUT2D eigenvalue weighted by molar-refractivity contribution is 0.0910. The van der Waals surface area contributed by atoms with Gasteiger partial charge in [-0.15, -0.1) is 10.2 Å². The van der Waals surface area contributed by atoms with E-state index in [0.29, 0.717) is 68.4 Å². The number of aromatic nitrogens is 2. The summed E-state index contributed by atoms with van der Waals surface area (Å²) in [4.78, 5) is 53.7. The van der Waals surface area contributed by atoms with Crippen LogP contribution in [0.15, 0.2) is 144 Å². The van der Waals surface area contributed by atoms with E-state index in [4.69, 9.17) is 25.5 Å². The fourth-order valence-electron chi connectivity index (χ4n) is 6.29. The first-order chi connectivity index (χ1) is 26.3. The van der Waals surface area contributed by atoms with Gasteiger partial charge in [0, 0.05) is 11.1 Å². The number of carbonyl (C=O) groups excluding carboxylic acids is 4. The van der Waals surface area contributed by atoms with Gasteiger partial charge in [0.15, 0.2) is 0 Å². The van der Waals surface area contributed by atoms with Gasteiger partial charge in [0.05, 0.1) is 38.7 Å². The van der Waals surface area contributed by atoms with Crippen LogP contribution in [0, 0.1) is 0 Å². The van der Waals surface area contributed by atoms with Crippen molar-refractivity contribution < 1.29 is 33.1 Å². The maximum absolute atomic E-state index is 12.9. The SMILES string of the molecule is O=C1c2ccccc2C(=O)N1c1ccc(Oc2ccc(-c3nnc(-c4ccc(Oc5ccc(N6C(=O)c7cccc(Cl)c7C6=O)cc5)cc4)o3)cc2)cc1. The molecule has 6 aromatic carbocycles. The molecule has 2 aliphatic heterocycles. The van der Waals surface area contributed by atoms with Gasteiger partial charge < -0.3 is 13.9 Å². The van der Waals surface area contributed by atoms with Gasteiger partial charge in [-0.1, -0.05) is 29.8 Å². The Morgan fingerprint density at radius 2 is 0.833 bits per heavy atom. The minimum absolute atomic E-state index is 0.201. The zero-order valence-electron chi connectivity index (χ0n) is 27.8. The summed E-state index contributed by atoms with van der Waals surface area (Å²) in [6.07, 6.45) is 0. The number of imide groups is 2. The van der Waals surface area contributed by atoms with Crippen LogP contribution in [0.5, 0.6) is 23.0 Å². The molecule has 9 rings (SSSR count). The molecule has 11 nitrogen and oxygen atoms in total. The van der Waals surface area contributed by atoms with E-state index in [9.17, 15) is 19.2 Å². The molecule has 0 saturated heterocycles. The van der Waals surface area contributed by atoms with E-state index in [1.54, 1.807) is 140 Å². The molecule has 0 aliphatic carbocycles. The second-order valence-corrected chi connectivity index (χ2v) is 12.7. The van der Waals surface area contributed by atoms with Crippen LogP contribution in [0.3, 0.4) is 0 Å². The first kappa shape index (κ1) is 32.5. The number of hydrogen-bond donors (Lipinski definition) is 0. The van der Waals surface area contributed by atoms with Gasteiger partial charge in [-0.3, -0.25) is 19.2 Å². The van der Waals surface area contributed by atoms with Crippen molar-refractivity contribution in [3.63, 3.8) is 0 Å². The molecule has 7 aromatic rings. The van der Waals surface area contributed by atoms with Crippen LogP contribution in [0.1, 0.15) is 41.4 Å². The molecule has 0 saturated carbocycles. The summed E-state index contributed by atoms with van der Waals surface area (Å²) in [7, 11) is 0. The van der Waals surface area contributed by atoms with E-state index in [-0.39, 0.29) is 28.0 Å². The lowest BCUT2D eigenvalue weighted by Crippen LogP contribution is -2.29. The van der Waals surface area contributed by atoms with E-state index in [1.807, 2.05) is 0 Å². The van der Waals surface area contributed by atoms with Crippen LogP contribution >= 0.6 is 11.6 Å². The van der Waals surface area contributed by atoms with Crippen molar-refractivity contribution in [1.29, 1.82) is 0 Å². The third-order valence-electron chi connectivity index (χ3n) is 8.95. The van der Waals surface area contributed by atoms with E-state index < -0.39 is 11.8 Å². The van der Waals surface area contributed by atoms with Gasteiger partial charge in [-0.25, -0.2) is 9.80 Å². The number of anilines is 2. The smallest absolute Gasteiger partial charge is 0.267 e. The summed E-state index contributed by atoms with van der Waals surface area (Å²) in [6, 6.07) is 39.2. The maximum atomic E-state index is 12.9. The predicted molar refractivity (Wildman–Crippen MR) is 198 cm³/mol. The number of amides is 4. The molecule has 0 N–H and O–H groups in total. The first-order valence-electron chi connectivity index (χ1n) is 16.6. The molecule has 0 unspecified atom stereocenters. The van der Waals surface area contributed by atoms with Crippen LogP contribution in [0.2, 0.25) is 5.02 Å². The number of rotatable bonds is 8. The summed E-state index contributed by atoms with van der Waals surface area (Å²) in [6.45, 7) is 0. The van der Waals surface area contributed by atoms with Crippen molar-refractivity contribution in [1.82, 2.24) is 10.2 Å². The highest BCUT2D eigenvalue weighted by molar-refractivity contribution is 6.42. The van der Waals surface area contributed by atoms with Crippen LogP contribution in [-0.4, -0.2) is 33.8 Å². The van der Waals surface area contributed by atoms with Crippen molar-refractivity contribution in [2.24, 2.45) is 0 Å². The van der Waals surface area contributed by atoms with Crippen molar-refractivity contribution in [3.8, 4) is 45.9 Å². The number of carbonyl (C=O) groups is 4. The number of halogens is 1. The molecule has 0 spiro atoms. The number of fused-ring (bicyclic) bond motifs is 2. The average molecular weight is 731 g/mol. The first-order valence-corrected chi connectivity index (χ1v) is 17.0. The molecule has 3 heterocycles. The topological polar surface area (TPSA) is 132 Å². The molecule has 0 fully saturated rings. The number of benzene rings is 6. The summed E-state index contributed by atoms with van der Waals surface area (Å²) >= 11 is 6.19. The molecule has 54 heavy (non-hydrogen) atoms. The van der Waals surface area contributed by atoms with Crippen LogP contribution in [0.25, 0.3) is 22.9 Å². The molecule has 0 bridgehead atoms. The molecular weight excluding hydrogens is 708 g/mol. The van der Waals surface area contributed by atoms with E-state index in [2.05, 4.69) is 10.2 Å². The monoisotopic (exact) mass is 730 g/mol. The van der Waals surface area contributed by atoms with Gasteiger partial charge in [-0.2, -0.15) is 0 Å². The highest BCUT2D eigenvalue weighted by Gasteiger charge is 2.38. The summed E-state index contributed by atoms with van der Waals surface area (Å²) in [5, 5.41) is 8.64. The standard InChI is InChI=1S/C42H23ClN4O7/c43-35-7-3-6-34-36(35)42(51)47(41(34)50)27-14-22-31(23-15-27)53-29-18-10-25(11-19-29)38-45-44-37(54-38)24-8-16-28(17-9-24)52-30-20-12-26(13-21-30)46-39(48)32-4-1-2-5-33(32)40(46)49/h1-23H. The third-order valence-corrected chi connectivity index (χ3v) is 9.26. The van der Waals surface area contributed by atoms with Crippen LogP contribution in [0.4, 0.5) is 11.4 Å². The quantitative estimate of drug-likeness (QED) is 0.140. The molecule has 2 aliphatic rings. The van der Waals surface area contributed by atoms with Crippen LogP contribution in [-0.2, 0) is 0 Å². The number of ether oxygens (including phenoxy) is 2. The second-order valence-electron chi connectivity index (χ2n) is 12.3. The lowest BCUT2D eigenvalue weighted by atomic mass is 10.1. The number of nitrogens with zero attached hydrogens (tertiary/aromatic N) is 4. The summed E-state index contributed by atoms with van der Waals surface area (Å²) in [5.41, 5.74) is 3.49. The molecule has 0 atom stereocenters. The Kier molecular flexibility index (Phi) is 7.83. The normalized spacial score (nSPS) is 13.4. The highest BCUT2D eigenvalue weighted by Crippen LogP contribution is 2.35. The average Bonchev–Trinajstić information content (AvgIpc) is 3.86. The Bertz CT molecular complexity index is 2600. The predicted octanol–water partition coefficient (Wildman–Crippen LogP) is 9.24. The largest absolute Gasteiger partial charge is 0.457 e. The minimum Gasteiger partial charge on any atom is -0.457 e. The molecule has 260 valence electrons. The third kappa shape index (κ3) is 5.65. The molecule has 1 aromatic heterocycles. The lowest BCUT2D eigenvalue weighted by Gasteiger charge is -2.14. The minimum atomic E-state index is -0.468. The van der Waals surface area contributed by atoms with Gasteiger partial charge in [0.25, 0.3) is 23.6 Å². The van der Waals surface area contributed by atoms with Gasteiger partial charge in [-0.05, 0) is 121 Å². The van der Waals surface area contributed by atoms with Crippen molar-refractivity contribution >= 4 is 46.6 Å². The van der Waals surface area contributed by atoms with Crippen molar-refractivity contribution in [2.75, 3.05) is 9.80 Å². The fraction of sp³-hybridized carbons (Fsp3) is 0. The number of hydrogen-bond acceptors (Lipinski definition) is 9.